The fraction of sp³-hybridized carbons (Fsp3) is 0.167. The van der Waals surface area contributed by atoms with Gasteiger partial charge in [0, 0.05) is 11.4 Å². The molecule has 3 amide bonds. The Morgan fingerprint density at radius 2 is 1.70 bits per heavy atom. The summed E-state index contributed by atoms with van der Waals surface area (Å²) in [6.45, 7) is 4.60. The highest BCUT2D eigenvalue weighted by molar-refractivity contribution is 7.82. The average Bonchev–Trinajstić information content (AvgIpc) is 2.78. The molecule has 0 aromatic heterocycles. The molecule has 0 bridgehead atoms. The quantitative estimate of drug-likeness (QED) is 0.327. The van der Waals surface area contributed by atoms with Crippen molar-refractivity contribution in [3.05, 3.63) is 83.1 Å². The van der Waals surface area contributed by atoms with Crippen molar-refractivity contribution in [1.29, 1.82) is 0 Å². The molecule has 0 unspecified atom stereocenters. The molecule has 0 aliphatic rings. The molecule has 0 atom stereocenters. The van der Waals surface area contributed by atoms with Crippen LogP contribution in [0.25, 0.3) is 0 Å². The first kappa shape index (κ1) is 24.4. The number of rotatable bonds is 7. The van der Waals surface area contributed by atoms with E-state index >= 15 is 0 Å². The number of nitrogens with one attached hydrogen (secondary N) is 2. The van der Waals surface area contributed by atoms with Crippen LogP contribution in [0.3, 0.4) is 0 Å². The van der Waals surface area contributed by atoms with E-state index in [1.807, 2.05) is 13.8 Å². The minimum atomic E-state index is -0.607. The Morgan fingerprint density at radius 3 is 2.33 bits per heavy atom. The van der Waals surface area contributed by atoms with E-state index < -0.39 is 17.8 Å². The van der Waals surface area contributed by atoms with E-state index in [-0.39, 0.29) is 5.56 Å². The molecular weight excluding hydrogens is 465 g/mol. The number of nitrogens with zero attached hydrogens (tertiary/aromatic N) is 1. The molecule has 9 heteroatoms. The average molecular weight is 488 g/mol. The number of benzene rings is 3. The summed E-state index contributed by atoms with van der Waals surface area (Å²) in [5.74, 6) is -0.278. The molecule has 0 aliphatic heterocycles. The fourth-order valence-corrected chi connectivity index (χ4v) is 3.19. The maximum atomic E-state index is 13.8. The number of urea groups is 1. The number of thiol groups is 1. The molecule has 0 radical (unpaired) electrons. The highest BCUT2D eigenvalue weighted by atomic mass is 35.5. The molecule has 0 aliphatic carbocycles. The zero-order valence-electron chi connectivity index (χ0n) is 18.0. The van der Waals surface area contributed by atoms with Gasteiger partial charge in [0.15, 0.2) is 0 Å². The van der Waals surface area contributed by atoms with Gasteiger partial charge < -0.3 is 15.4 Å². The molecule has 0 spiro atoms. The Hall–Kier alpha value is -3.23. The third-order valence-electron chi connectivity index (χ3n) is 4.44. The number of amides is 3. The SMILES string of the molecule is CC(C)COc1ccc(NC(=O)N(S)c2ccc(NC(=O)c3ccccc3F)cc2)cc1Cl. The first-order chi connectivity index (χ1) is 15.7. The second-order valence-electron chi connectivity index (χ2n) is 7.57. The highest BCUT2D eigenvalue weighted by Crippen LogP contribution is 2.29. The summed E-state index contributed by atoms with van der Waals surface area (Å²) >= 11 is 10.5. The van der Waals surface area contributed by atoms with E-state index in [4.69, 9.17) is 16.3 Å². The molecule has 172 valence electrons. The van der Waals surface area contributed by atoms with Gasteiger partial charge in [-0.2, -0.15) is 0 Å². The van der Waals surface area contributed by atoms with Gasteiger partial charge in [-0.05, 0) is 60.5 Å². The number of hydrogen-bond acceptors (Lipinski definition) is 4. The van der Waals surface area contributed by atoms with Crippen molar-refractivity contribution >= 4 is 53.4 Å². The minimum Gasteiger partial charge on any atom is -0.492 e. The Kier molecular flexibility index (Phi) is 8.19. The monoisotopic (exact) mass is 487 g/mol. The van der Waals surface area contributed by atoms with Crippen LogP contribution in [0, 0.1) is 11.7 Å². The van der Waals surface area contributed by atoms with Gasteiger partial charge >= 0.3 is 6.03 Å². The summed E-state index contributed by atoms with van der Waals surface area (Å²) in [6, 6.07) is 16.5. The largest absolute Gasteiger partial charge is 0.492 e. The second kappa shape index (κ2) is 11.1. The molecule has 33 heavy (non-hydrogen) atoms. The smallest absolute Gasteiger partial charge is 0.336 e. The van der Waals surface area contributed by atoms with Crippen molar-refractivity contribution in [3.8, 4) is 5.75 Å². The Balaban J connectivity index is 1.61. The predicted octanol–water partition coefficient (Wildman–Crippen LogP) is 6.65. The van der Waals surface area contributed by atoms with Gasteiger partial charge in [-0.25, -0.2) is 13.5 Å². The zero-order chi connectivity index (χ0) is 24.0. The van der Waals surface area contributed by atoms with Gasteiger partial charge in [0.2, 0.25) is 0 Å². The lowest BCUT2D eigenvalue weighted by molar-refractivity contribution is 0.102. The topological polar surface area (TPSA) is 70.7 Å². The third-order valence-corrected chi connectivity index (χ3v) is 5.14. The van der Waals surface area contributed by atoms with Crippen molar-refractivity contribution in [3.63, 3.8) is 0 Å². The second-order valence-corrected chi connectivity index (χ2v) is 8.38. The van der Waals surface area contributed by atoms with E-state index in [9.17, 15) is 14.0 Å². The van der Waals surface area contributed by atoms with Crippen LogP contribution in [-0.4, -0.2) is 18.5 Å². The van der Waals surface area contributed by atoms with Gasteiger partial charge in [-0.15, -0.1) is 0 Å². The van der Waals surface area contributed by atoms with Crippen molar-refractivity contribution in [2.24, 2.45) is 5.92 Å². The molecular formula is C24H23ClFN3O3S. The molecule has 3 rings (SSSR count). The number of halogens is 2. The number of hydrogen-bond donors (Lipinski definition) is 3. The third kappa shape index (κ3) is 6.63. The van der Waals surface area contributed by atoms with Crippen LogP contribution in [0.2, 0.25) is 5.02 Å². The van der Waals surface area contributed by atoms with E-state index in [1.165, 1.54) is 18.2 Å². The van der Waals surface area contributed by atoms with Crippen molar-refractivity contribution < 1.29 is 18.7 Å². The Bertz CT molecular complexity index is 1140. The Labute approximate surface area is 202 Å². The van der Waals surface area contributed by atoms with Crippen LogP contribution in [0.1, 0.15) is 24.2 Å². The lowest BCUT2D eigenvalue weighted by Crippen LogP contribution is -2.26. The van der Waals surface area contributed by atoms with Crippen LogP contribution < -0.4 is 19.7 Å². The predicted molar refractivity (Wildman–Crippen MR) is 133 cm³/mol. The summed E-state index contributed by atoms with van der Waals surface area (Å²) < 4.78 is 20.5. The number of ether oxygens (including phenoxy) is 1. The van der Waals surface area contributed by atoms with E-state index in [0.29, 0.717) is 40.4 Å². The van der Waals surface area contributed by atoms with E-state index in [1.54, 1.807) is 48.5 Å². The van der Waals surface area contributed by atoms with Crippen LogP contribution in [-0.2, 0) is 0 Å². The standard InChI is InChI=1S/C24H23ClFN3O3S/c1-15(2)14-32-22-12-9-17(13-20(22)25)28-24(31)29(33)18-10-7-16(8-11-18)27-23(30)19-5-3-4-6-21(19)26/h3-13,15,33H,14H2,1-2H3,(H,27,30)(H,28,31). The number of carbonyl (C=O) groups excluding carboxylic acids is 2. The van der Waals surface area contributed by atoms with Gasteiger partial charge in [-0.3, -0.25) is 4.79 Å². The molecule has 3 aromatic carbocycles. The summed E-state index contributed by atoms with van der Waals surface area (Å²) in [6.07, 6.45) is 0. The summed E-state index contributed by atoms with van der Waals surface area (Å²) in [4.78, 5) is 24.8. The fourth-order valence-electron chi connectivity index (χ4n) is 2.78. The van der Waals surface area contributed by atoms with Crippen LogP contribution in [0.4, 0.5) is 26.2 Å². The van der Waals surface area contributed by atoms with Gasteiger partial charge in [0.05, 0.1) is 22.9 Å². The van der Waals surface area contributed by atoms with Crippen molar-refractivity contribution in [1.82, 2.24) is 0 Å². The zero-order valence-corrected chi connectivity index (χ0v) is 19.7. The molecule has 3 aromatic rings. The van der Waals surface area contributed by atoms with Crippen LogP contribution in [0.5, 0.6) is 5.75 Å². The maximum Gasteiger partial charge on any atom is 0.336 e. The highest BCUT2D eigenvalue weighted by Gasteiger charge is 2.15. The molecule has 0 fully saturated rings. The van der Waals surface area contributed by atoms with E-state index in [0.717, 1.165) is 4.31 Å². The normalized spacial score (nSPS) is 10.6. The summed E-state index contributed by atoms with van der Waals surface area (Å²) in [5.41, 5.74) is 1.33. The maximum absolute atomic E-state index is 13.8. The summed E-state index contributed by atoms with van der Waals surface area (Å²) in [7, 11) is 0. The van der Waals surface area contributed by atoms with Crippen LogP contribution in [0.15, 0.2) is 66.7 Å². The van der Waals surface area contributed by atoms with Gasteiger partial charge in [0.1, 0.15) is 11.6 Å². The van der Waals surface area contributed by atoms with Gasteiger partial charge in [0.25, 0.3) is 5.91 Å². The molecule has 0 saturated heterocycles. The van der Waals surface area contributed by atoms with Crippen LogP contribution >= 0.6 is 24.4 Å². The number of carbonyl (C=O) groups is 2. The van der Waals surface area contributed by atoms with Gasteiger partial charge in [-0.1, -0.05) is 50.4 Å². The van der Waals surface area contributed by atoms with Crippen molar-refractivity contribution in [2.75, 3.05) is 21.5 Å². The molecule has 2 N–H and O–H groups in total. The lowest BCUT2D eigenvalue weighted by atomic mass is 10.2. The lowest BCUT2D eigenvalue weighted by Gasteiger charge is -2.18. The van der Waals surface area contributed by atoms with E-state index in [2.05, 4.69) is 23.4 Å². The first-order valence-corrected chi connectivity index (χ1v) is 10.9. The first-order valence-electron chi connectivity index (χ1n) is 10.1. The molecule has 0 heterocycles. The number of anilines is 3. The summed E-state index contributed by atoms with van der Waals surface area (Å²) in [5, 5.41) is 5.70. The molecule has 0 saturated carbocycles. The minimum absolute atomic E-state index is 0.0592. The van der Waals surface area contributed by atoms with Crippen molar-refractivity contribution in [2.45, 2.75) is 13.8 Å². The molecule has 6 nitrogen and oxygen atoms in total. The Morgan fingerprint density at radius 1 is 1.03 bits per heavy atom.